The van der Waals surface area contributed by atoms with Gasteiger partial charge in [0.1, 0.15) is 5.60 Å². The second-order valence-electron chi connectivity index (χ2n) is 4.61. The molecule has 0 aromatic rings. The highest BCUT2D eigenvalue weighted by Crippen LogP contribution is 2.05. The van der Waals surface area contributed by atoms with Crippen LogP contribution in [0.15, 0.2) is 0 Å². The van der Waals surface area contributed by atoms with E-state index in [1.54, 1.807) is 20.8 Å². The number of carbonyl (C=O) groups excluding carboxylic acids is 3. The summed E-state index contributed by atoms with van der Waals surface area (Å²) in [6.45, 7) is 3.16. The van der Waals surface area contributed by atoms with Gasteiger partial charge in [-0.2, -0.15) is 0 Å². The van der Waals surface area contributed by atoms with E-state index < -0.39 is 48.7 Å². The molecule has 20 heavy (non-hydrogen) atoms. The quantitative estimate of drug-likeness (QED) is 0.335. The Labute approximate surface area is 117 Å². The number of carboxylic acids is 1. The molecule has 0 aliphatic heterocycles. The van der Waals surface area contributed by atoms with E-state index in [0.717, 1.165) is 0 Å². The van der Waals surface area contributed by atoms with Crippen LogP contribution in [0.3, 0.4) is 0 Å². The summed E-state index contributed by atoms with van der Waals surface area (Å²) < 4.78 is 16.4. The van der Waals surface area contributed by atoms with Crippen LogP contribution < -0.4 is 0 Å². The predicted octanol–water partition coefficient (Wildman–Crippen LogP) is 0.309. The number of hydrogen-bond donors (Lipinski definition) is 1. The molecular formula is C13H16O7. The van der Waals surface area contributed by atoms with Crippen LogP contribution in [0.25, 0.3) is 0 Å². The SMILES string of the molecule is [2H]C(C#CC(=O)OC(C)(C)C)OC(=O)C(=O)CCC(=O)O. The summed E-state index contributed by atoms with van der Waals surface area (Å²) in [6.07, 6.45) is -1.04. The third kappa shape index (κ3) is 9.65. The minimum atomic E-state index is -1.74. The van der Waals surface area contributed by atoms with Gasteiger partial charge in [-0.05, 0) is 26.7 Å². The number of Topliss-reactive ketones (excluding diaryl/α,β-unsaturated/α-hetero) is 1. The zero-order chi connectivity index (χ0) is 16.6. The van der Waals surface area contributed by atoms with Crippen molar-refractivity contribution >= 4 is 23.7 Å². The van der Waals surface area contributed by atoms with Gasteiger partial charge in [-0.3, -0.25) is 9.59 Å². The zero-order valence-electron chi connectivity index (χ0n) is 12.4. The molecular weight excluding hydrogens is 268 g/mol. The Hall–Kier alpha value is -2.36. The summed E-state index contributed by atoms with van der Waals surface area (Å²) in [4.78, 5) is 43.8. The second kappa shape index (κ2) is 7.94. The third-order valence-corrected chi connectivity index (χ3v) is 1.59. The Morgan fingerprint density at radius 2 is 1.80 bits per heavy atom. The highest BCUT2D eigenvalue weighted by atomic mass is 16.6. The molecule has 0 radical (unpaired) electrons. The first kappa shape index (κ1) is 15.7. The number of carbonyl (C=O) groups is 4. The number of hydrogen-bond acceptors (Lipinski definition) is 6. The molecule has 0 aromatic heterocycles. The number of carboxylic acid groups (broad SMARTS) is 1. The molecule has 0 spiro atoms. The highest BCUT2D eigenvalue weighted by molar-refractivity contribution is 6.33. The van der Waals surface area contributed by atoms with E-state index in [9.17, 15) is 19.2 Å². The van der Waals surface area contributed by atoms with Crippen molar-refractivity contribution in [2.45, 2.75) is 39.2 Å². The van der Waals surface area contributed by atoms with Crippen molar-refractivity contribution in [2.75, 3.05) is 6.58 Å². The van der Waals surface area contributed by atoms with Crippen LogP contribution in [0.1, 0.15) is 35.0 Å². The molecule has 0 saturated carbocycles. The molecule has 1 atom stereocenters. The van der Waals surface area contributed by atoms with Gasteiger partial charge < -0.3 is 14.6 Å². The summed E-state index contributed by atoms with van der Waals surface area (Å²) in [7, 11) is 0. The van der Waals surface area contributed by atoms with E-state index >= 15 is 0 Å². The van der Waals surface area contributed by atoms with Gasteiger partial charge in [-0.15, -0.1) is 0 Å². The molecule has 7 nitrogen and oxygen atoms in total. The molecule has 110 valence electrons. The van der Waals surface area contributed by atoms with Gasteiger partial charge in [0, 0.05) is 12.3 Å². The van der Waals surface area contributed by atoms with Crippen molar-refractivity contribution in [1.82, 2.24) is 0 Å². The fourth-order valence-corrected chi connectivity index (χ4v) is 0.863. The van der Waals surface area contributed by atoms with E-state index in [2.05, 4.69) is 4.74 Å². The van der Waals surface area contributed by atoms with Crippen LogP contribution in [0, 0.1) is 11.8 Å². The molecule has 0 rings (SSSR count). The summed E-state index contributed by atoms with van der Waals surface area (Å²) in [5.41, 5.74) is -0.743. The maximum absolute atomic E-state index is 11.2. The topological polar surface area (TPSA) is 107 Å². The molecule has 7 heteroatoms. The molecule has 1 unspecified atom stereocenters. The van der Waals surface area contributed by atoms with Crippen molar-refractivity contribution in [2.24, 2.45) is 0 Å². The molecule has 1 N–H and O–H groups in total. The fraction of sp³-hybridized carbons (Fsp3) is 0.538. The highest BCUT2D eigenvalue weighted by Gasteiger charge is 2.16. The minimum absolute atomic E-state index is 0.514. The standard InChI is InChI=1S/C13H16O7/c1-13(2,3)20-11(17)5-4-8-19-12(18)9(14)6-7-10(15)16/h6-8H2,1-3H3,(H,15,16)/i8D. The van der Waals surface area contributed by atoms with Gasteiger partial charge in [0.2, 0.25) is 5.78 Å². The third-order valence-electron chi connectivity index (χ3n) is 1.59. The zero-order valence-corrected chi connectivity index (χ0v) is 11.4. The van der Waals surface area contributed by atoms with Crippen molar-refractivity contribution in [3.8, 4) is 11.8 Å². The Balaban J connectivity index is 4.35. The van der Waals surface area contributed by atoms with Crippen LogP contribution in [-0.4, -0.2) is 41.0 Å². The van der Waals surface area contributed by atoms with E-state index in [1.165, 1.54) is 0 Å². The largest absolute Gasteiger partial charge is 0.481 e. The number of aliphatic carboxylic acids is 1. The Morgan fingerprint density at radius 3 is 2.30 bits per heavy atom. The maximum Gasteiger partial charge on any atom is 0.384 e. The molecule has 0 heterocycles. The van der Waals surface area contributed by atoms with Crippen LogP contribution in [-0.2, 0) is 28.7 Å². The first-order chi connectivity index (χ1) is 9.51. The van der Waals surface area contributed by atoms with E-state index in [1.807, 2.05) is 11.8 Å². The lowest BCUT2D eigenvalue weighted by Gasteiger charge is -2.16. The van der Waals surface area contributed by atoms with E-state index in [-0.39, 0.29) is 0 Å². The van der Waals surface area contributed by atoms with Crippen LogP contribution >= 0.6 is 0 Å². The second-order valence-corrected chi connectivity index (χ2v) is 4.61. The van der Waals surface area contributed by atoms with Gasteiger partial charge in [0.25, 0.3) is 0 Å². The number of rotatable bonds is 5. The molecule has 0 aliphatic rings. The number of ether oxygens (including phenoxy) is 2. The summed E-state index contributed by atoms with van der Waals surface area (Å²) >= 11 is 0. The summed E-state index contributed by atoms with van der Waals surface area (Å²) in [6, 6.07) is 0. The minimum Gasteiger partial charge on any atom is -0.481 e. The molecule has 0 saturated heterocycles. The van der Waals surface area contributed by atoms with Crippen LogP contribution in [0.2, 0.25) is 0 Å². The Morgan fingerprint density at radius 1 is 1.20 bits per heavy atom. The number of esters is 2. The predicted molar refractivity (Wildman–Crippen MR) is 66.5 cm³/mol. The fourth-order valence-electron chi connectivity index (χ4n) is 0.863. The monoisotopic (exact) mass is 285 g/mol. The smallest absolute Gasteiger partial charge is 0.384 e. The Kier molecular flexibility index (Phi) is 6.23. The lowest BCUT2D eigenvalue weighted by molar-refractivity contribution is -0.153. The lowest BCUT2D eigenvalue weighted by Crippen LogP contribution is -2.23. The molecule has 0 amide bonds. The average Bonchev–Trinajstić information content (AvgIpc) is 2.31. The van der Waals surface area contributed by atoms with Crippen LogP contribution in [0.4, 0.5) is 0 Å². The van der Waals surface area contributed by atoms with Gasteiger partial charge in [-0.25, -0.2) is 9.59 Å². The van der Waals surface area contributed by atoms with Crippen molar-refractivity contribution < 1.29 is 35.1 Å². The van der Waals surface area contributed by atoms with Crippen molar-refractivity contribution in [3.05, 3.63) is 0 Å². The number of ketones is 1. The van der Waals surface area contributed by atoms with Crippen molar-refractivity contribution in [3.63, 3.8) is 0 Å². The van der Waals surface area contributed by atoms with Gasteiger partial charge in [0.05, 0.1) is 7.79 Å². The molecule has 0 aliphatic carbocycles. The van der Waals surface area contributed by atoms with Gasteiger partial charge >= 0.3 is 17.9 Å². The summed E-state index contributed by atoms with van der Waals surface area (Å²) in [5.74, 6) is -0.631. The first-order valence-corrected chi connectivity index (χ1v) is 5.63. The van der Waals surface area contributed by atoms with E-state index in [4.69, 9.17) is 11.2 Å². The molecule has 0 fully saturated rings. The Bertz CT molecular complexity index is 493. The van der Waals surface area contributed by atoms with E-state index in [0.29, 0.717) is 0 Å². The first-order valence-electron chi connectivity index (χ1n) is 6.21. The molecule has 0 bridgehead atoms. The van der Waals surface area contributed by atoms with Crippen LogP contribution in [0.5, 0.6) is 0 Å². The summed E-state index contributed by atoms with van der Waals surface area (Å²) in [5, 5.41) is 8.35. The lowest BCUT2D eigenvalue weighted by atomic mass is 10.2. The normalized spacial score (nSPS) is 12.2. The molecule has 0 aromatic carbocycles. The van der Waals surface area contributed by atoms with Gasteiger partial charge in [0.15, 0.2) is 6.58 Å². The average molecular weight is 285 g/mol. The maximum atomic E-state index is 11.2. The van der Waals surface area contributed by atoms with Gasteiger partial charge in [-0.1, -0.05) is 0 Å². The van der Waals surface area contributed by atoms with Crippen molar-refractivity contribution in [1.29, 1.82) is 0 Å².